The Bertz CT molecular complexity index is 523. The molecule has 0 spiro atoms. The molecular formula is C16H23FN2O4. The number of nitrogens with zero attached hydrogens (tertiary/aromatic N) is 1. The lowest BCUT2D eigenvalue weighted by Crippen LogP contribution is -2.04. The van der Waals surface area contributed by atoms with Crippen molar-refractivity contribution in [3.63, 3.8) is 0 Å². The van der Waals surface area contributed by atoms with E-state index in [2.05, 4.69) is 5.32 Å². The number of carbonyl (C=O) groups excluding carboxylic acids is 1. The Morgan fingerprint density at radius 2 is 1.96 bits per heavy atom. The van der Waals surface area contributed by atoms with Crippen molar-refractivity contribution in [1.29, 1.82) is 0 Å². The van der Waals surface area contributed by atoms with Gasteiger partial charge in [0.2, 0.25) is 0 Å². The minimum atomic E-state index is -0.622. The van der Waals surface area contributed by atoms with Crippen LogP contribution in [0.5, 0.6) is 0 Å². The number of rotatable bonds is 11. The second-order valence-electron chi connectivity index (χ2n) is 5.17. The number of halogens is 1. The van der Waals surface area contributed by atoms with E-state index < -0.39 is 10.7 Å². The molecule has 0 aliphatic carbocycles. The van der Waals surface area contributed by atoms with Gasteiger partial charge in [0.05, 0.1) is 23.3 Å². The van der Waals surface area contributed by atoms with Gasteiger partial charge in [0.25, 0.3) is 5.69 Å². The van der Waals surface area contributed by atoms with E-state index >= 15 is 0 Å². The molecule has 0 amide bonds. The number of hydrogen-bond acceptors (Lipinski definition) is 5. The summed E-state index contributed by atoms with van der Waals surface area (Å²) in [7, 11) is 0. The van der Waals surface area contributed by atoms with Crippen molar-refractivity contribution in [1.82, 2.24) is 0 Å². The first-order valence-corrected chi connectivity index (χ1v) is 7.88. The number of anilines is 1. The zero-order chi connectivity index (χ0) is 17.1. The van der Waals surface area contributed by atoms with Crippen LogP contribution >= 0.6 is 0 Å². The predicted molar refractivity (Wildman–Crippen MR) is 85.9 cm³/mol. The minimum Gasteiger partial charge on any atom is -0.466 e. The van der Waals surface area contributed by atoms with Crippen LogP contribution in [0.25, 0.3) is 0 Å². The van der Waals surface area contributed by atoms with Crippen molar-refractivity contribution in [3.05, 3.63) is 34.1 Å². The van der Waals surface area contributed by atoms with Gasteiger partial charge in [-0.15, -0.1) is 0 Å². The number of ether oxygens (including phenoxy) is 1. The highest BCUT2D eigenvalue weighted by Gasteiger charge is 2.10. The van der Waals surface area contributed by atoms with E-state index in [1.54, 1.807) is 6.92 Å². The Labute approximate surface area is 135 Å². The van der Waals surface area contributed by atoms with E-state index in [4.69, 9.17) is 4.74 Å². The largest absolute Gasteiger partial charge is 0.466 e. The van der Waals surface area contributed by atoms with Crippen LogP contribution in [0.4, 0.5) is 15.8 Å². The molecule has 128 valence electrons. The van der Waals surface area contributed by atoms with E-state index in [9.17, 15) is 19.3 Å². The molecular weight excluding hydrogens is 303 g/mol. The van der Waals surface area contributed by atoms with Gasteiger partial charge in [0.15, 0.2) is 5.82 Å². The van der Waals surface area contributed by atoms with Crippen LogP contribution in [-0.2, 0) is 9.53 Å². The molecule has 7 heteroatoms. The number of nitro benzene ring substituents is 1. The third-order valence-corrected chi connectivity index (χ3v) is 3.34. The van der Waals surface area contributed by atoms with E-state index in [0.29, 0.717) is 19.6 Å². The molecule has 23 heavy (non-hydrogen) atoms. The normalized spacial score (nSPS) is 10.3. The quantitative estimate of drug-likeness (QED) is 0.287. The summed E-state index contributed by atoms with van der Waals surface area (Å²) in [5, 5.41) is 13.5. The smallest absolute Gasteiger partial charge is 0.305 e. The van der Waals surface area contributed by atoms with Gasteiger partial charge < -0.3 is 10.1 Å². The molecule has 0 saturated carbocycles. The molecule has 0 aromatic heterocycles. The van der Waals surface area contributed by atoms with Crippen molar-refractivity contribution >= 4 is 17.3 Å². The Morgan fingerprint density at radius 1 is 1.26 bits per heavy atom. The number of nitrogens with one attached hydrogen (secondary N) is 1. The molecule has 1 aromatic rings. The van der Waals surface area contributed by atoms with Crippen molar-refractivity contribution in [2.75, 3.05) is 18.5 Å². The van der Waals surface area contributed by atoms with Gasteiger partial charge in [0, 0.05) is 19.0 Å². The van der Waals surface area contributed by atoms with Gasteiger partial charge in [-0.3, -0.25) is 14.9 Å². The zero-order valence-corrected chi connectivity index (χ0v) is 13.3. The highest BCUT2D eigenvalue weighted by Crippen LogP contribution is 2.20. The van der Waals surface area contributed by atoms with Gasteiger partial charge in [0.1, 0.15) is 0 Å². The summed E-state index contributed by atoms with van der Waals surface area (Å²) in [6, 6.07) is 3.57. The lowest BCUT2D eigenvalue weighted by molar-refractivity contribution is -0.385. The average Bonchev–Trinajstić information content (AvgIpc) is 2.51. The van der Waals surface area contributed by atoms with Crippen LogP contribution in [0, 0.1) is 15.9 Å². The first-order valence-electron chi connectivity index (χ1n) is 7.88. The van der Waals surface area contributed by atoms with Crippen LogP contribution in [0.15, 0.2) is 18.2 Å². The molecule has 0 unspecified atom stereocenters. The molecule has 0 heterocycles. The third kappa shape index (κ3) is 7.58. The predicted octanol–water partition coefficient (Wildman–Crippen LogP) is 4.05. The summed E-state index contributed by atoms with van der Waals surface area (Å²) in [4.78, 5) is 21.0. The maximum Gasteiger partial charge on any atom is 0.305 e. The van der Waals surface area contributed by atoms with Gasteiger partial charge in [-0.05, 0) is 25.8 Å². The SMILES string of the molecule is CCOC(=O)CCCCCCCNc1ccc([N+](=O)[O-])cc1F. The highest BCUT2D eigenvalue weighted by molar-refractivity contribution is 5.69. The van der Waals surface area contributed by atoms with Gasteiger partial charge in [-0.1, -0.05) is 19.3 Å². The maximum absolute atomic E-state index is 13.6. The Balaban J connectivity index is 2.11. The molecule has 6 nitrogen and oxygen atoms in total. The molecule has 0 bridgehead atoms. The average molecular weight is 326 g/mol. The van der Waals surface area contributed by atoms with E-state index in [1.165, 1.54) is 12.1 Å². The van der Waals surface area contributed by atoms with Crippen LogP contribution in [0.1, 0.15) is 45.4 Å². The highest BCUT2D eigenvalue weighted by atomic mass is 19.1. The Hall–Kier alpha value is -2.18. The van der Waals surface area contributed by atoms with Gasteiger partial charge in [-0.25, -0.2) is 4.39 Å². The molecule has 0 radical (unpaired) electrons. The first kappa shape index (κ1) is 18.9. The number of hydrogen-bond donors (Lipinski definition) is 1. The molecule has 1 aromatic carbocycles. The summed E-state index contributed by atoms with van der Waals surface area (Å²) in [5.41, 5.74) is 0.0209. The molecule has 1 rings (SSSR count). The Morgan fingerprint density at radius 3 is 2.61 bits per heavy atom. The fourth-order valence-corrected chi connectivity index (χ4v) is 2.14. The summed E-state index contributed by atoms with van der Waals surface area (Å²) in [5.74, 6) is -0.767. The van der Waals surface area contributed by atoms with Crippen LogP contribution in [0.2, 0.25) is 0 Å². The van der Waals surface area contributed by atoms with Crippen molar-refractivity contribution in [3.8, 4) is 0 Å². The van der Waals surface area contributed by atoms with Crippen molar-refractivity contribution in [2.24, 2.45) is 0 Å². The van der Waals surface area contributed by atoms with E-state index in [-0.39, 0.29) is 17.3 Å². The zero-order valence-electron chi connectivity index (χ0n) is 13.3. The fourth-order valence-electron chi connectivity index (χ4n) is 2.14. The van der Waals surface area contributed by atoms with Gasteiger partial charge in [-0.2, -0.15) is 0 Å². The standard InChI is InChI=1S/C16H23FN2O4/c1-2-23-16(20)8-6-4-3-5-7-11-18-15-10-9-13(19(21)22)12-14(15)17/h9-10,12,18H,2-8,11H2,1H3. The number of non-ortho nitro benzene ring substituents is 1. The Kier molecular flexibility index (Phi) is 8.64. The van der Waals surface area contributed by atoms with E-state index in [0.717, 1.165) is 38.2 Å². The molecule has 0 aliphatic rings. The minimum absolute atomic E-state index is 0.150. The fraction of sp³-hybridized carbons (Fsp3) is 0.562. The maximum atomic E-state index is 13.6. The second-order valence-corrected chi connectivity index (χ2v) is 5.17. The van der Waals surface area contributed by atoms with Crippen molar-refractivity contribution < 1.29 is 18.8 Å². The molecule has 0 aliphatic heterocycles. The topological polar surface area (TPSA) is 81.5 Å². The summed E-state index contributed by atoms with van der Waals surface area (Å²) < 4.78 is 18.5. The number of unbranched alkanes of at least 4 members (excludes halogenated alkanes) is 4. The molecule has 0 atom stereocenters. The van der Waals surface area contributed by atoms with Crippen molar-refractivity contribution in [2.45, 2.75) is 45.4 Å². The number of esters is 1. The molecule has 0 saturated heterocycles. The van der Waals surface area contributed by atoms with Crippen LogP contribution in [-0.4, -0.2) is 24.0 Å². The lowest BCUT2D eigenvalue weighted by atomic mass is 10.1. The summed E-state index contributed by atoms with van der Waals surface area (Å²) in [6.07, 6.45) is 5.10. The number of nitro groups is 1. The first-order chi connectivity index (χ1) is 11.0. The molecule has 0 fully saturated rings. The monoisotopic (exact) mass is 326 g/mol. The van der Waals surface area contributed by atoms with E-state index in [1.807, 2.05) is 0 Å². The third-order valence-electron chi connectivity index (χ3n) is 3.34. The van der Waals surface area contributed by atoms with Crippen LogP contribution in [0.3, 0.4) is 0 Å². The second kappa shape index (κ2) is 10.5. The lowest BCUT2D eigenvalue weighted by Gasteiger charge is -2.07. The van der Waals surface area contributed by atoms with Gasteiger partial charge >= 0.3 is 5.97 Å². The van der Waals surface area contributed by atoms with Crippen LogP contribution < -0.4 is 5.32 Å². The number of carbonyl (C=O) groups is 1. The number of benzene rings is 1. The summed E-state index contributed by atoms with van der Waals surface area (Å²) >= 11 is 0. The molecule has 1 N–H and O–H groups in total. The summed E-state index contributed by atoms with van der Waals surface area (Å²) in [6.45, 7) is 2.81.